The van der Waals surface area contributed by atoms with E-state index in [-0.39, 0.29) is 17.8 Å². The summed E-state index contributed by atoms with van der Waals surface area (Å²) in [6.07, 6.45) is 1.30. The van der Waals surface area contributed by atoms with Gasteiger partial charge in [-0.1, -0.05) is 5.16 Å². The van der Waals surface area contributed by atoms with Crippen LogP contribution in [0, 0.1) is 0 Å². The second-order valence-corrected chi connectivity index (χ2v) is 5.61. The van der Waals surface area contributed by atoms with Gasteiger partial charge >= 0.3 is 5.97 Å². The van der Waals surface area contributed by atoms with Gasteiger partial charge in [0.2, 0.25) is 10.0 Å². The fraction of sp³-hybridized carbons (Fsp3) is 0.0909. The van der Waals surface area contributed by atoms with Crippen LogP contribution in [0.5, 0.6) is 0 Å². The van der Waals surface area contributed by atoms with Crippen molar-refractivity contribution < 1.29 is 22.8 Å². The van der Waals surface area contributed by atoms with Gasteiger partial charge in [-0.05, 0) is 18.2 Å². The lowest BCUT2D eigenvalue weighted by molar-refractivity contribution is 0.0692. The van der Waals surface area contributed by atoms with E-state index in [1.807, 2.05) is 0 Å². The largest absolute Gasteiger partial charge is 0.478 e. The molecule has 4 N–H and O–H groups in total. The van der Waals surface area contributed by atoms with Crippen LogP contribution in [0.4, 0.5) is 5.69 Å². The molecule has 0 amide bonds. The zero-order valence-corrected chi connectivity index (χ0v) is 10.9. The maximum atomic E-state index is 12.1. The average Bonchev–Trinajstić information content (AvgIpc) is 2.89. The number of nitrogens with zero attached hydrogens (tertiary/aromatic N) is 1. The summed E-state index contributed by atoms with van der Waals surface area (Å²) < 4.78 is 31.0. The predicted molar refractivity (Wildman–Crippen MR) is 68.3 cm³/mol. The van der Waals surface area contributed by atoms with Gasteiger partial charge < -0.3 is 15.4 Å². The Balaban J connectivity index is 2.33. The van der Waals surface area contributed by atoms with Crippen molar-refractivity contribution >= 4 is 21.7 Å². The third-order valence-electron chi connectivity index (χ3n) is 2.46. The molecule has 8 nitrogen and oxygen atoms in total. The van der Waals surface area contributed by atoms with Gasteiger partial charge in [0.25, 0.3) is 0 Å². The molecule has 0 unspecified atom stereocenters. The van der Waals surface area contributed by atoms with Gasteiger partial charge in [0.05, 0.1) is 22.7 Å². The summed E-state index contributed by atoms with van der Waals surface area (Å²) in [7, 11) is -4.03. The Labute approximate surface area is 114 Å². The van der Waals surface area contributed by atoms with Crippen molar-refractivity contribution in [1.82, 2.24) is 9.88 Å². The Bertz CT molecular complexity index is 725. The lowest BCUT2D eigenvalue weighted by Gasteiger charge is -2.09. The molecule has 1 aromatic heterocycles. The Hall–Kier alpha value is -2.39. The number of benzene rings is 1. The predicted octanol–water partition coefficient (Wildman–Crippen LogP) is 0.433. The molecule has 106 valence electrons. The molecule has 9 heteroatoms. The van der Waals surface area contributed by atoms with E-state index in [0.717, 1.165) is 12.1 Å². The number of nitrogens with one attached hydrogen (secondary N) is 1. The second-order valence-electron chi connectivity index (χ2n) is 3.88. The van der Waals surface area contributed by atoms with Crippen molar-refractivity contribution in [3.63, 3.8) is 0 Å². The fourth-order valence-corrected chi connectivity index (χ4v) is 2.74. The Morgan fingerprint density at radius 2 is 2.15 bits per heavy atom. The number of sulfonamides is 1. The van der Waals surface area contributed by atoms with Gasteiger partial charge in [-0.15, -0.1) is 0 Å². The highest BCUT2D eigenvalue weighted by atomic mass is 32.2. The van der Waals surface area contributed by atoms with Crippen LogP contribution in [0.25, 0.3) is 0 Å². The first-order valence-corrected chi connectivity index (χ1v) is 6.90. The SMILES string of the molecule is Nc1ccc(C(=O)O)c(S(=O)(=O)NCc2ccon2)c1. The Morgan fingerprint density at radius 1 is 1.40 bits per heavy atom. The summed E-state index contributed by atoms with van der Waals surface area (Å²) in [6.45, 7) is -0.118. The number of aromatic nitrogens is 1. The van der Waals surface area contributed by atoms with E-state index in [2.05, 4.69) is 14.4 Å². The van der Waals surface area contributed by atoms with Crippen molar-refractivity contribution in [2.45, 2.75) is 11.4 Å². The molecule has 0 spiro atoms. The first kappa shape index (κ1) is 14.0. The van der Waals surface area contributed by atoms with Crippen molar-refractivity contribution in [3.8, 4) is 0 Å². The van der Waals surface area contributed by atoms with Crippen LogP contribution in [-0.2, 0) is 16.6 Å². The van der Waals surface area contributed by atoms with E-state index in [1.165, 1.54) is 18.4 Å². The van der Waals surface area contributed by atoms with E-state index in [4.69, 9.17) is 10.8 Å². The maximum Gasteiger partial charge on any atom is 0.337 e. The molecule has 0 aliphatic rings. The van der Waals surface area contributed by atoms with E-state index in [0.29, 0.717) is 5.69 Å². The lowest BCUT2D eigenvalue weighted by Crippen LogP contribution is -2.25. The molecule has 0 aliphatic heterocycles. The van der Waals surface area contributed by atoms with Crippen molar-refractivity contribution in [3.05, 3.63) is 41.8 Å². The highest BCUT2D eigenvalue weighted by molar-refractivity contribution is 7.89. The number of hydrogen-bond donors (Lipinski definition) is 3. The summed E-state index contributed by atoms with van der Waals surface area (Å²) in [5.41, 5.74) is 5.67. The molecule has 2 rings (SSSR count). The van der Waals surface area contributed by atoms with Gasteiger partial charge in [0, 0.05) is 11.8 Å². The number of anilines is 1. The van der Waals surface area contributed by atoms with Crippen molar-refractivity contribution in [1.29, 1.82) is 0 Å². The molecule has 0 saturated carbocycles. The fourth-order valence-electron chi connectivity index (χ4n) is 1.51. The number of carbonyl (C=O) groups is 1. The lowest BCUT2D eigenvalue weighted by atomic mass is 10.2. The quantitative estimate of drug-likeness (QED) is 0.681. The molecule has 0 aliphatic carbocycles. The monoisotopic (exact) mass is 297 g/mol. The van der Waals surface area contributed by atoms with E-state index >= 15 is 0 Å². The summed E-state index contributed by atoms with van der Waals surface area (Å²) in [5.74, 6) is -1.35. The van der Waals surface area contributed by atoms with Crippen LogP contribution in [0.2, 0.25) is 0 Å². The van der Waals surface area contributed by atoms with Gasteiger partial charge in [0.1, 0.15) is 6.26 Å². The molecule has 0 radical (unpaired) electrons. The van der Waals surface area contributed by atoms with Gasteiger partial charge in [-0.25, -0.2) is 17.9 Å². The van der Waals surface area contributed by atoms with E-state index in [1.54, 1.807) is 0 Å². The third kappa shape index (κ3) is 2.95. The van der Waals surface area contributed by atoms with Crippen molar-refractivity contribution in [2.75, 3.05) is 5.73 Å². The maximum absolute atomic E-state index is 12.1. The molecule has 1 heterocycles. The number of carboxylic acid groups (broad SMARTS) is 1. The zero-order chi connectivity index (χ0) is 14.8. The standard InChI is InChI=1S/C11H11N3O5S/c12-7-1-2-9(11(15)16)10(5-7)20(17,18)13-6-8-3-4-19-14-8/h1-5,13H,6,12H2,(H,15,16). The smallest absolute Gasteiger partial charge is 0.337 e. The van der Waals surface area contributed by atoms with Crippen LogP contribution < -0.4 is 10.5 Å². The number of nitrogen functional groups attached to an aromatic ring is 1. The van der Waals surface area contributed by atoms with Crippen molar-refractivity contribution in [2.24, 2.45) is 0 Å². The van der Waals surface area contributed by atoms with Crippen LogP contribution in [0.3, 0.4) is 0 Å². The summed E-state index contributed by atoms with van der Waals surface area (Å²) in [4.78, 5) is 10.7. The van der Waals surface area contributed by atoms with Gasteiger partial charge in [-0.3, -0.25) is 0 Å². The molecule has 0 atom stereocenters. The number of carboxylic acids is 1. The molecular weight excluding hydrogens is 286 g/mol. The molecule has 1 aromatic carbocycles. The minimum absolute atomic E-state index is 0.118. The third-order valence-corrected chi connectivity index (χ3v) is 3.90. The first-order chi connectivity index (χ1) is 9.40. The average molecular weight is 297 g/mol. The van der Waals surface area contributed by atoms with Crippen LogP contribution in [-0.4, -0.2) is 24.7 Å². The number of aromatic carboxylic acids is 1. The summed E-state index contributed by atoms with van der Waals surface area (Å²) in [6, 6.07) is 5.04. The van der Waals surface area contributed by atoms with E-state index < -0.39 is 20.9 Å². The van der Waals surface area contributed by atoms with Gasteiger partial charge in [0.15, 0.2) is 0 Å². The topological polar surface area (TPSA) is 136 Å². The zero-order valence-electron chi connectivity index (χ0n) is 10.1. The highest BCUT2D eigenvalue weighted by Crippen LogP contribution is 2.19. The number of rotatable bonds is 5. The number of hydrogen-bond acceptors (Lipinski definition) is 6. The molecule has 0 saturated heterocycles. The second kappa shape index (κ2) is 5.31. The van der Waals surface area contributed by atoms with E-state index in [9.17, 15) is 13.2 Å². The Morgan fingerprint density at radius 3 is 2.75 bits per heavy atom. The Kier molecular flexibility index (Phi) is 3.72. The summed E-state index contributed by atoms with van der Waals surface area (Å²) >= 11 is 0. The van der Waals surface area contributed by atoms with Crippen LogP contribution in [0.15, 0.2) is 39.9 Å². The molecule has 20 heavy (non-hydrogen) atoms. The van der Waals surface area contributed by atoms with Crippen LogP contribution in [0.1, 0.15) is 16.1 Å². The molecule has 0 bridgehead atoms. The van der Waals surface area contributed by atoms with Crippen LogP contribution >= 0.6 is 0 Å². The molecular formula is C11H11N3O5S. The number of nitrogens with two attached hydrogens (primary N) is 1. The minimum Gasteiger partial charge on any atom is -0.478 e. The molecule has 2 aromatic rings. The summed E-state index contributed by atoms with van der Waals surface area (Å²) in [5, 5.41) is 12.6. The minimum atomic E-state index is -4.03. The molecule has 0 fully saturated rings. The van der Waals surface area contributed by atoms with Gasteiger partial charge in [-0.2, -0.15) is 0 Å². The first-order valence-electron chi connectivity index (χ1n) is 5.42. The highest BCUT2D eigenvalue weighted by Gasteiger charge is 2.22. The normalized spacial score (nSPS) is 11.4.